The van der Waals surface area contributed by atoms with Crippen molar-refractivity contribution in [1.29, 1.82) is 0 Å². The van der Waals surface area contributed by atoms with E-state index < -0.39 is 0 Å². The van der Waals surface area contributed by atoms with Gasteiger partial charge in [0.2, 0.25) is 4.73 Å². The van der Waals surface area contributed by atoms with E-state index in [1.807, 2.05) is 56.4 Å². The average molecular weight is 418 g/mol. The summed E-state index contributed by atoms with van der Waals surface area (Å²) in [6, 6.07) is 11.7. The molecule has 3 rings (SSSR count). The number of rotatable bonds is 7. The van der Waals surface area contributed by atoms with E-state index in [4.69, 9.17) is 9.47 Å². The highest BCUT2D eigenvalue weighted by molar-refractivity contribution is 9.10. The molecular weight excluding hydrogens is 398 g/mol. The van der Waals surface area contributed by atoms with Gasteiger partial charge in [-0.1, -0.05) is 25.1 Å². The number of esters is 1. The molecule has 2 aromatic heterocycles. The van der Waals surface area contributed by atoms with Crippen LogP contribution in [0.1, 0.15) is 37.3 Å². The highest BCUT2D eigenvalue weighted by Crippen LogP contribution is 2.23. The maximum absolute atomic E-state index is 11.6. The second-order valence-electron chi connectivity index (χ2n) is 5.99. The van der Waals surface area contributed by atoms with Gasteiger partial charge in [-0.25, -0.2) is 9.50 Å². The molecule has 0 amide bonds. The normalized spacial score (nSPS) is 12.1. The van der Waals surface area contributed by atoms with E-state index in [2.05, 4.69) is 26.0 Å². The molecule has 0 saturated heterocycles. The van der Waals surface area contributed by atoms with Gasteiger partial charge < -0.3 is 9.47 Å². The third-order valence-corrected chi connectivity index (χ3v) is 4.34. The van der Waals surface area contributed by atoms with Crippen molar-refractivity contribution in [1.82, 2.24) is 14.6 Å². The summed E-state index contributed by atoms with van der Waals surface area (Å²) in [4.78, 5) is 15.8. The number of halogens is 1. The van der Waals surface area contributed by atoms with E-state index in [0.29, 0.717) is 24.4 Å². The summed E-state index contributed by atoms with van der Waals surface area (Å²) >= 11 is 3.26. The Kier molecular flexibility index (Phi) is 5.88. The van der Waals surface area contributed by atoms with Gasteiger partial charge in [-0.15, -0.1) is 5.10 Å². The molecule has 0 aliphatic heterocycles. The minimum Gasteiger partial charge on any atom is -0.489 e. The summed E-state index contributed by atoms with van der Waals surface area (Å²) in [5.41, 5.74) is 2.86. The fourth-order valence-electron chi connectivity index (χ4n) is 2.63. The Balaban J connectivity index is 1.58. The highest BCUT2D eigenvalue weighted by atomic mass is 79.9. The molecule has 0 aliphatic rings. The largest absolute Gasteiger partial charge is 0.489 e. The van der Waals surface area contributed by atoms with Crippen LogP contribution in [0.15, 0.2) is 47.3 Å². The number of pyridine rings is 1. The Morgan fingerprint density at radius 2 is 2.00 bits per heavy atom. The molecule has 0 N–H and O–H groups in total. The summed E-state index contributed by atoms with van der Waals surface area (Å²) in [5, 5.41) is 4.23. The summed E-state index contributed by atoms with van der Waals surface area (Å²) < 4.78 is 13.1. The Morgan fingerprint density at radius 1 is 1.23 bits per heavy atom. The molecule has 0 fully saturated rings. The minimum absolute atomic E-state index is 0.108. The number of hydrogen-bond acceptors (Lipinski definition) is 5. The molecule has 136 valence electrons. The molecule has 3 aromatic rings. The predicted octanol–water partition coefficient (Wildman–Crippen LogP) is 4.13. The molecule has 7 heteroatoms. The fourth-order valence-corrected chi connectivity index (χ4v) is 2.98. The topological polar surface area (TPSA) is 65.7 Å². The van der Waals surface area contributed by atoms with Gasteiger partial charge in [0.1, 0.15) is 12.4 Å². The Hall–Kier alpha value is -2.41. The van der Waals surface area contributed by atoms with Gasteiger partial charge in [-0.3, -0.25) is 4.79 Å². The average Bonchev–Trinajstić information content (AvgIpc) is 2.99. The van der Waals surface area contributed by atoms with E-state index in [9.17, 15) is 4.79 Å². The summed E-state index contributed by atoms with van der Waals surface area (Å²) in [6.45, 7) is 4.67. The number of aromatic nitrogens is 3. The lowest BCUT2D eigenvalue weighted by Crippen LogP contribution is -2.08. The molecule has 6 nitrogen and oxygen atoms in total. The summed E-state index contributed by atoms with van der Waals surface area (Å²) in [7, 11) is 0. The number of hydrogen-bond donors (Lipinski definition) is 0. The second-order valence-corrected chi connectivity index (χ2v) is 6.70. The van der Waals surface area contributed by atoms with Crippen molar-refractivity contribution in [3.05, 3.63) is 58.5 Å². The van der Waals surface area contributed by atoms with Crippen molar-refractivity contribution >= 4 is 27.5 Å². The van der Waals surface area contributed by atoms with Gasteiger partial charge in [0.15, 0.2) is 5.65 Å². The molecule has 0 saturated carbocycles. The number of carbonyl (C=O) groups is 1. The summed E-state index contributed by atoms with van der Waals surface area (Å²) in [5.74, 6) is 0.712. The zero-order valence-electron chi connectivity index (χ0n) is 14.7. The lowest BCUT2D eigenvalue weighted by molar-refractivity contribution is -0.143. The van der Waals surface area contributed by atoms with E-state index >= 15 is 0 Å². The number of benzene rings is 1. The quantitative estimate of drug-likeness (QED) is 0.540. The molecule has 0 aliphatic carbocycles. The van der Waals surface area contributed by atoms with E-state index in [-0.39, 0.29) is 11.9 Å². The molecule has 0 radical (unpaired) electrons. The van der Waals surface area contributed by atoms with Crippen molar-refractivity contribution in [2.24, 2.45) is 0 Å². The van der Waals surface area contributed by atoms with Crippen LogP contribution in [0.25, 0.3) is 5.65 Å². The lowest BCUT2D eigenvalue weighted by Gasteiger charge is -2.12. The molecular formula is C19H20BrN3O3. The predicted molar refractivity (Wildman–Crippen MR) is 101 cm³/mol. The van der Waals surface area contributed by atoms with Crippen molar-refractivity contribution in [3.63, 3.8) is 0 Å². The van der Waals surface area contributed by atoms with E-state index in [0.717, 1.165) is 22.5 Å². The minimum atomic E-state index is -0.171. The second kappa shape index (κ2) is 8.31. The zero-order valence-corrected chi connectivity index (χ0v) is 16.3. The van der Waals surface area contributed by atoms with Crippen LogP contribution >= 0.6 is 15.9 Å². The van der Waals surface area contributed by atoms with Crippen LogP contribution in [-0.4, -0.2) is 27.2 Å². The van der Waals surface area contributed by atoms with Gasteiger partial charge in [0, 0.05) is 11.8 Å². The third-order valence-electron chi connectivity index (χ3n) is 4.00. The molecule has 26 heavy (non-hydrogen) atoms. The Labute approximate surface area is 160 Å². The van der Waals surface area contributed by atoms with E-state index in [1.54, 1.807) is 4.52 Å². The first-order chi connectivity index (χ1) is 12.5. The van der Waals surface area contributed by atoms with Gasteiger partial charge in [0.05, 0.1) is 13.0 Å². The lowest BCUT2D eigenvalue weighted by atomic mass is 9.98. The molecule has 1 aromatic carbocycles. The van der Waals surface area contributed by atoms with Crippen molar-refractivity contribution in [2.45, 2.75) is 32.8 Å². The third kappa shape index (κ3) is 4.60. The molecule has 0 unspecified atom stereocenters. The smallest absolute Gasteiger partial charge is 0.306 e. The first-order valence-corrected chi connectivity index (χ1v) is 9.23. The zero-order chi connectivity index (χ0) is 18.5. The van der Waals surface area contributed by atoms with Gasteiger partial charge in [-0.05, 0) is 52.5 Å². The Morgan fingerprint density at radius 3 is 2.73 bits per heavy atom. The Bertz CT molecular complexity index is 893. The van der Waals surface area contributed by atoms with E-state index in [1.165, 1.54) is 0 Å². The van der Waals surface area contributed by atoms with Crippen LogP contribution in [-0.2, 0) is 16.1 Å². The van der Waals surface area contributed by atoms with Crippen molar-refractivity contribution < 1.29 is 14.3 Å². The summed E-state index contributed by atoms with van der Waals surface area (Å²) in [6.07, 6.45) is 2.27. The van der Waals surface area contributed by atoms with Gasteiger partial charge >= 0.3 is 5.97 Å². The van der Waals surface area contributed by atoms with Gasteiger partial charge in [0.25, 0.3) is 0 Å². The SMILES string of the molecule is CCOC(=O)C[C@H](C)c1ccc(OCc2ccc3nc(Br)nn3c2)cc1. The van der Waals surface area contributed by atoms with Crippen LogP contribution in [0.5, 0.6) is 5.75 Å². The van der Waals surface area contributed by atoms with Crippen LogP contribution in [0, 0.1) is 0 Å². The highest BCUT2D eigenvalue weighted by Gasteiger charge is 2.12. The molecule has 1 atom stereocenters. The maximum Gasteiger partial charge on any atom is 0.306 e. The molecule has 2 heterocycles. The van der Waals surface area contributed by atoms with Crippen LogP contribution < -0.4 is 4.74 Å². The standard InChI is InChI=1S/C19H20BrN3O3/c1-3-25-18(24)10-13(2)15-5-7-16(8-6-15)26-12-14-4-9-17-21-19(20)22-23(17)11-14/h4-9,11,13H,3,10,12H2,1-2H3/t13-/m0/s1. The number of fused-ring (bicyclic) bond motifs is 1. The first kappa shape index (κ1) is 18.4. The maximum atomic E-state index is 11.6. The number of ether oxygens (including phenoxy) is 2. The van der Waals surface area contributed by atoms with Gasteiger partial charge in [-0.2, -0.15) is 0 Å². The van der Waals surface area contributed by atoms with Crippen molar-refractivity contribution in [2.75, 3.05) is 6.61 Å². The van der Waals surface area contributed by atoms with Crippen LogP contribution in [0.4, 0.5) is 0 Å². The number of nitrogens with zero attached hydrogens (tertiary/aromatic N) is 3. The monoisotopic (exact) mass is 417 g/mol. The van der Waals surface area contributed by atoms with Crippen molar-refractivity contribution in [3.8, 4) is 5.75 Å². The van der Waals surface area contributed by atoms with Crippen LogP contribution in [0.2, 0.25) is 0 Å². The molecule has 0 spiro atoms. The molecule has 0 bridgehead atoms. The first-order valence-electron chi connectivity index (χ1n) is 8.44. The van der Waals surface area contributed by atoms with Crippen LogP contribution in [0.3, 0.4) is 0 Å². The fraction of sp³-hybridized carbons (Fsp3) is 0.316. The number of carbonyl (C=O) groups excluding carboxylic acids is 1.